The van der Waals surface area contributed by atoms with E-state index in [-0.39, 0.29) is 17.3 Å². The number of nitrogens with zero attached hydrogens (tertiary/aromatic N) is 2. The summed E-state index contributed by atoms with van der Waals surface area (Å²) in [6.45, 7) is 7.37. The average Bonchev–Trinajstić information content (AvgIpc) is 2.89. The van der Waals surface area contributed by atoms with E-state index in [0.29, 0.717) is 29.2 Å². The first-order valence-electron chi connectivity index (χ1n) is 12.5. The molecule has 0 spiro atoms. The molecule has 7 nitrogen and oxygen atoms in total. The van der Waals surface area contributed by atoms with Gasteiger partial charge >= 0.3 is 0 Å². The number of anilines is 1. The van der Waals surface area contributed by atoms with Crippen LogP contribution in [0.25, 0.3) is 0 Å². The third-order valence-electron chi connectivity index (χ3n) is 6.28. The number of sulfonamides is 1. The van der Waals surface area contributed by atoms with Crippen molar-refractivity contribution < 1.29 is 18.0 Å². The van der Waals surface area contributed by atoms with Crippen LogP contribution in [0.3, 0.4) is 0 Å². The van der Waals surface area contributed by atoms with Crippen LogP contribution in [-0.4, -0.2) is 44.3 Å². The lowest BCUT2D eigenvalue weighted by molar-refractivity contribution is -0.140. The zero-order chi connectivity index (χ0) is 27.9. The first-order valence-corrected chi connectivity index (χ1v) is 14.4. The predicted molar refractivity (Wildman–Crippen MR) is 152 cm³/mol. The predicted octanol–water partition coefficient (Wildman–Crippen LogP) is 5.10. The Morgan fingerprint density at radius 3 is 2.13 bits per heavy atom. The topological polar surface area (TPSA) is 86.8 Å². The third-order valence-corrected chi connectivity index (χ3v) is 8.30. The van der Waals surface area contributed by atoms with Crippen LogP contribution >= 0.6 is 11.6 Å². The van der Waals surface area contributed by atoms with E-state index in [4.69, 9.17) is 11.6 Å². The largest absolute Gasteiger partial charge is 0.355 e. The van der Waals surface area contributed by atoms with Crippen LogP contribution in [0.15, 0.2) is 77.7 Å². The summed E-state index contributed by atoms with van der Waals surface area (Å²) in [4.78, 5) is 28.5. The van der Waals surface area contributed by atoms with E-state index in [1.54, 1.807) is 61.5 Å². The lowest BCUT2D eigenvalue weighted by Crippen LogP contribution is -2.52. The minimum atomic E-state index is -4.10. The highest BCUT2D eigenvalue weighted by atomic mass is 35.5. The highest BCUT2D eigenvalue weighted by molar-refractivity contribution is 7.92. The van der Waals surface area contributed by atoms with Crippen LogP contribution in [-0.2, 0) is 26.2 Å². The van der Waals surface area contributed by atoms with Gasteiger partial charge in [0.25, 0.3) is 10.0 Å². The molecule has 9 heteroatoms. The standard InChI is InChI=1S/C29H34ClN3O4S/c1-5-26(29(35)31-6-2)32(19-23-13-15-24(30)16-14-23)28(34)20-33(27-10-8-7-9-22(27)4)38(36,37)25-17-11-21(3)12-18-25/h7-18,26H,5-6,19-20H2,1-4H3,(H,31,35)/t26-/m1/s1. The Hall–Kier alpha value is -3.36. The molecular formula is C29H34ClN3O4S. The summed E-state index contributed by atoms with van der Waals surface area (Å²) in [5.41, 5.74) is 2.80. The van der Waals surface area contributed by atoms with Gasteiger partial charge in [-0.05, 0) is 68.7 Å². The SMILES string of the molecule is CCNC(=O)[C@@H](CC)N(Cc1ccc(Cl)cc1)C(=O)CN(c1ccccc1C)S(=O)(=O)c1ccc(C)cc1. The molecule has 0 aliphatic rings. The molecule has 3 rings (SSSR count). The Bertz CT molecular complexity index is 1360. The Morgan fingerprint density at radius 1 is 0.921 bits per heavy atom. The number of rotatable bonds is 11. The summed E-state index contributed by atoms with van der Waals surface area (Å²) >= 11 is 6.04. The first kappa shape index (κ1) is 29.2. The molecule has 0 heterocycles. The number of carbonyl (C=O) groups is 2. The van der Waals surface area contributed by atoms with Crippen LogP contribution in [0.4, 0.5) is 5.69 Å². The van der Waals surface area contributed by atoms with Gasteiger partial charge in [-0.1, -0.05) is 66.6 Å². The molecule has 3 aromatic carbocycles. The average molecular weight is 556 g/mol. The molecule has 202 valence electrons. The van der Waals surface area contributed by atoms with Crippen molar-refractivity contribution in [3.63, 3.8) is 0 Å². The maximum atomic E-state index is 14.0. The summed E-state index contributed by atoms with van der Waals surface area (Å²) in [6, 6.07) is 19.8. The molecule has 0 fully saturated rings. The van der Waals surface area contributed by atoms with Gasteiger partial charge in [0.15, 0.2) is 0 Å². The van der Waals surface area contributed by atoms with Crippen LogP contribution in [0.5, 0.6) is 0 Å². The Labute approximate surface area is 230 Å². The van der Waals surface area contributed by atoms with E-state index in [1.807, 2.05) is 26.8 Å². The number of benzene rings is 3. The molecular weight excluding hydrogens is 522 g/mol. The summed E-state index contributed by atoms with van der Waals surface area (Å²) < 4.78 is 28.9. The normalized spacial score (nSPS) is 12.0. The second kappa shape index (κ2) is 12.9. The lowest BCUT2D eigenvalue weighted by Gasteiger charge is -2.33. The van der Waals surface area contributed by atoms with Gasteiger partial charge in [-0.25, -0.2) is 8.42 Å². The highest BCUT2D eigenvalue weighted by Gasteiger charge is 2.34. The number of para-hydroxylation sites is 1. The monoisotopic (exact) mass is 555 g/mol. The zero-order valence-electron chi connectivity index (χ0n) is 22.1. The van der Waals surface area contributed by atoms with Gasteiger partial charge in [0.05, 0.1) is 10.6 Å². The van der Waals surface area contributed by atoms with E-state index in [0.717, 1.165) is 15.4 Å². The van der Waals surface area contributed by atoms with Crippen molar-refractivity contribution >= 4 is 39.1 Å². The lowest BCUT2D eigenvalue weighted by atomic mass is 10.1. The molecule has 0 saturated carbocycles. The number of halogens is 1. The molecule has 1 N–H and O–H groups in total. The number of hydrogen-bond acceptors (Lipinski definition) is 4. The van der Waals surface area contributed by atoms with Crippen LogP contribution < -0.4 is 9.62 Å². The molecule has 0 radical (unpaired) electrons. The van der Waals surface area contributed by atoms with Gasteiger partial charge in [0, 0.05) is 18.1 Å². The molecule has 0 bridgehead atoms. The van der Waals surface area contributed by atoms with E-state index < -0.39 is 28.5 Å². The molecule has 3 aromatic rings. The third kappa shape index (κ3) is 6.94. The summed E-state index contributed by atoms with van der Waals surface area (Å²) in [5.74, 6) is -0.780. The van der Waals surface area contributed by atoms with Crippen molar-refractivity contribution in [2.75, 3.05) is 17.4 Å². The molecule has 0 aliphatic carbocycles. The number of hydrogen-bond donors (Lipinski definition) is 1. The number of carbonyl (C=O) groups excluding carboxylic acids is 2. The van der Waals surface area contributed by atoms with Crippen molar-refractivity contribution in [2.45, 2.75) is 51.6 Å². The number of likely N-dealkylation sites (N-methyl/N-ethyl adjacent to an activating group) is 1. The number of aryl methyl sites for hydroxylation is 2. The van der Waals surface area contributed by atoms with Gasteiger partial charge in [0.1, 0.15) is 12.6 Å². The van der Waals surface area contributed by atoms with Crippen LogP contribution in [0.1, 0.15) is 37.0 Å². The van der Waals surface area contributed by atoms with Gasteiger partial charge in [0.2, 0.25) is 11.8 Å². The van der Waals surface area contributed by atoms with Gasteiger partial charge < -0.3 is 10.2 Å². The Kier molecular flexibility index (Phi) is 9.94. The van der Waals surface area contributed by atoms with Crippen molar-refractivity contribution in [3.8, 4) is 0 Å². The molecule has 0 saturated heterocycles. The molecule has 2 amide bonds. The molecule has 38 heavy (non-hydrogen) atoms. The van der Waals surface area contributed by atoms with Crippen LogP contribution in [0.2, 0.25) is 5.02 Å². The fourth-order valence-electron chi connectivity index (χ4n) is 4.19. The highest BCUT2D eigenvalue weighted by Crippen LogP contribution is 2.28. The van der Waals surface area contributed by atoms with Gasteiger partial charge in [-0.3, -0.25) is 13.9 Å². The summed E-state index contributed by atoms with van der Waals surface area (Å²) in [6.07, 6.45) is 0.361. The first-order chi connectivity index (χ1) is 18.1. The van der Waals surface area contributed by atoms with Crippen molar-refractivity contribution in [3.05, 3.63) is 94.5 Å². The van der Waals surface area contributed by atoms with Crippen molar-refractivity contribution in [2.24, 2.45) is 0 Å². The molecule has 0 unspecified atom stereocenters. The fraction of sp³-hybridized carbons (Fsp3) is 0.310. The molecule has 0 aliphatic heterocycles. The quantitative estimate of drug-likeness (QED) is 0.357. The smallest absolute Gasteiger partial charge is 0.264 e. The van der Waals surface area contributed by atoms with Crippen LogP contribution in [0, 0.1) is 13.8 Å². The fourth-order valence-corrected chi connectivity index (χ4v) is 5.80. The maximum Gasteiger partial charge on any atom is 0.264 e. The second-order valence-electron chi connectivity index (χ2n) is 9.08. The van der Waals surface area contributed by atoms with E-state index in [2.05, 4.69) is 5.32 Å². The van der Waals surface area contributed by atoms with Gasteiger partial charge in [-0.15, -0.1) is 0 Å². The summed E-state index contributed by atoms with van der Waals surface area (Å²) in [5, 5.41) is 3.35. The van der Waals surface area contributed by atoms with E-state index in [9.17, 15) is 18.0 Å². The van der Waals surface area contributed by atoms with Crippen molar-refractivity contribution in [1.82, 2.24) is 10.2 Å². The minimum absolute atomic E-state index is 0.0826. The second-order valence-corrected chi connectivity index (χ2v) is 11.4. The van der Waals surface area contributed by atoms with E-state index >= 15 is 0 Å². The minimum Gasteiger partial charge on any atom is -0.355 e. The molecule has 0 aromatic heterocycles. The Balaban J connectivity index is 2.06. The number of nitrogens with one attached hydrogen (secondary N) is 1. The Morgan fingerprint density at radius 2 is 1.55 bits per heavy atom. The summed E-state index contributed by atoms with van der Waals surface area (Å²) in [7, 11) is -4.10. The maximum absolute atomic E-state index is 14.0. The molecule has 1 atom stereocenters. The van der Waals surface area contributed by atoms with Gasteiger partial charge in [-0.2, -0.15) is 0 Å². The zero-order valence-corrected chi connectivity index (χ0v) is 23.7. The number of amides is 2. The van der Waals surface area contributed by atoms with Crippen molar-refractivity contribution in [1.29, 1.82) is 0 Å². The van der Waals surface area contributed by atoms with E-state index in [1.165, 1.54) is 17.0 Å².